The molecule has 0 rings (SSSR count). The van der Waals surface area contributed by atoms with Crippen LogP contribution in [0, 0.1) is 0 Å². The predicted octanol–water partition coefficient (Wildman–Crippen LogP) is -1.30. The van der Waals surface area contributed by atoms with Gasteiger partial charge >= 0.3 is 9.28 Å². The van der Waals surface area contributed by atoms with Crippen LogP contribution in [-0.4, -0.2) is 27.7 Å². The topological polar surface area (TPSA) is 67.5 Å². The van der Waals surface area contributed by atoms with Gasteiger partial charge in [0.1, 0.15) is 0 Å². The van der Waals surface area contributed by atoms with E-state index in [1.807, 2.05) is 0 Å². The van der Waals surface area contributed by atoms with E-state index in [0.717, 1.165) is 19.0 Å². The monoisotopic (exact) mass is 150 g/mol. The molecule has 56 valence electrons. The van der Waals surface area contributed by atoms with Gasteiger partial charge in [0.2, 0.25) is 0 Å². The maximum atomic E-state index is 8.93. The van der Waals surface area contributed by atoms with E-state index >= 15 is 0 Å². The smallest absolute Gasteiger partial charge is 0.318 e. The zero-order valence-electron chi connectivity index (χ0n) is 5.63. The van der Waals surface area contributed by atoms with Gasteiger partial charge < -0.3 is 9.22 Å². The van der Waals surface area contributed by atoms with E-state index in [0.29, 0.717) is 0 Å². The number of nitrogens with two attached hydrogens (primary N) is 1. The Balaban J connectivity index is 2.88. The molecule has 1 unspecified atom stereocenters. The molecule has 0 radical (unpaired) electrons. The van der Waals surface area contributed by atoms with Crippen molar-refractivity contribution in [2.24, 2.45) is 5.84 Å². The molecule has 0 saturated carbocycles. The fourth-order valence-electron chi connectivity index (χ4n) is 0.497. The van der Waals surface area contributed by atoms with Crippen molar-refractivity contribution in [3.63, 3.8) is 0 Å². The molecule has 0 aliphatic heterocycles. The second-order valence-corrected chi connectivity index (χ2v) is 3.74. The third-order valence-corrected chi connectivity index (χ3v) is 2.49. The molecule has 0 aliphatic carbocycles. The summed E-state index contributed by atoms with van der Waals surface area (Å²) < 4.78 is 4.72. The lowest BCUT2D eigenvalue weighted by Crippen LogP contribution is -2.25. The molecule has 0 fully saturated rings. The average Bonchev–Trinajstić information content (AvgIpc) is 1.89. The quantitative estimate of drug-likeness (QED) is 0.197. The Morgan fingerprint density at radius 3 is 2.89 bits per heavy atom. The molecule has 0 aliphatic rings. The van der Waals surface area contributed by atoms with E-state index in [1.165, 1.54) is 7.11 Å². The van der Waals surface area contributed by atoms with Crippen LogP contribution in [0.4, 0.5) is 0 Å². The number of rotatable bonds is 5. The molecule has 5 heteroatoms. The van der Waals surface area contributed by atoms with E-state index in [4.69, 9.17) is 15.1 Å². The molecular weight excluding hydrogens is 136 g/mol. The van der Waals surface area contributed by atoms with Crippen LogP contribution >= 0.6 is 0 Å². The highest BCUT2D eigenvalue weighted by atomic mass is 28.3. The lowest BCUT2D eigenvalue weighted by Gasteiger charge is -2.03. The van der Waals surface area contributed by atoms with E-state index in [2.05, 4.69) is 5.43 Å². The maximum Gasteiger partial charge on any atom is 0.318 e. The van der Waals surface area contributed by atoms with Crippen molar-refractivity contribution in [3.05, 3.63) is 0 Å². The Kier molecular flexibility index (Phi) is 6.22. The molecule has 0 aromatic carbocycles. The Bertz CT molecular complexity index is 64.5. The molecule has 0 amide bonds. The second kappa shape index (κ2) is 6.18. The summed E-state index contributed by atoms with van der Waals surface area (Å²) in [6.45, 7) is 0.743. The molecular formula is C4H14N2O2Si. The minimum Gasteiger partial charge on any atom is -0.413 e. The van der Waals surface area contributed by atoms with Gasteiger partial charge in [0, 0.05) is 13.7 Å². The van der Waals surface area contributed by atoms with Crippen LogP contribution in [0.25, 0.3) is 0 Å². The molecule has 9 heavy (non-hydrogen) atoms. The van der Waals surface area contributed by atoms with Crippen LogP contribution < -0.4 is 11.3 Å². The van der Waals surface area contributed by atoms with Crippen LogP contribution in [0.2, 0.25) is 6.04 Å². The standard InChI is InChI=1S/C4H14N2O2Si/c1-8-9(7)4-2-3-6-5/h6-7,9H,2-5H2,1H3. The molecule has 0 saturated heterocycles. The zero-order chi connectivity index (χ0) is 7.11. The van der Waals surface area contributed by atoms with Gasteiger partial charge in [0.15, 0.2) is 0 Å². The highest BCUT2D eigenvalue weighted by Crippen LogP contribution is 1.92. The normalized spacial score (nSPS) is 13.7. The van der Waals surface area contributed by atoms with E-state index < -0.39 is 9.28 Å². The van der Waals surface area contributed by atoms with Crippen LogP contribution in [0.1, 0.15) is 6.42 Å². The summed E-state index contributed by atoms with van der Waals surface area (Å²) in [5.74, 6) is 5.00. The molecule has 1 atom stereocenters. The average molecular weight is 150 g/mol. The van der Waals surface area contributed by atoms with Gasteiger partial charge in [0.25, 0.3) is 0 Å². The summed E-state index contributed by atoms with van der Waals surface area (Å²) in [7, 11) is -0.274. The minimum atomic E-state index is -1.81. The highest BCUT2D eigenvalue weighted by molar-refractivity contribution is 6.42. The Hall–Kier alpha value is 0.0569. The maximum absolute atomic E-state index is 8.93. The minimum absolute atomic E-state index is 0.743. The first kappa shape index (κ1) is 9.06. The Morgan fingerprint density at radius 1 is 1.78 bits per heavy atom. The third-order valence-electron chi connectivity index (χ3n) is 1.04. The lowest BCUT2D eigenvalue weighted by molar-refractivity contribution is 0.324. The van der Waals surface area contributed by atoms with Gasteiger partial charge in [-0.1, -0.05) is 0 Å². The Morgan fingerprint density at radius 2 is 2.44 bits per heavy atom. The summed E-state index contributed by atoms with van der Waals surface area (Å²) >= 11 is 0. The van der Waals surface area contributed by atoms with Crippen LogP contribution in [0.15, 0.2) is 0 Å². The number of hydrogen-bond donors (Lipinski definition) is 3. The van der Waals surface area contributed by atoms with Crippen molar-refractivity contribution in [2.75, 3.05) is 13.7 Å². The van der Waals surface area contributed by atoms with E-state index in [1.54, 1.807) is 0 Å². The van der Waals surface area contributed by atoms with Crippen molar-refractivity contribution in [3.8, 4) is 0 Å². The summed E-state index contributed by atoms with van der Waals surface area (Å²) in [5.41, 5.74) is 2.50. The third kappa shape index (κ3) is 5.94. The molecule has 0 heterocycles. The second-order valence-electron chi connectivity index (χ2n) is 1.79. The van der Waals surface area contributed by atoms with E-state index in [-0.39, 0.29) is 0 Å². The highest BCUT2D eigenvalue weighted by Gasteiger charge is 2.02. The van der Waals surface area contributed by atoms with Crippen LogP contribution in [0.5, 0.6) is 0 Å². The lowest BCUT2D eigenvalue weighted by atomic mass is 10.5. The zero-order valence-corrected chi connectivity index (χ0v) is 6.79. The Labute approximate surface area is 56.8 Å². The van der Waals surface area contributed by atoms with Gasteiger partial charge in [-0.2, -0.15) is 0 Å². The first-order valence-corrected chi connectivity index (χ1v) is 4.76. The number of hydrazine groups is 1. The predicted molar refractivity (Wildman–Crippen MR) is 38.0 cm³/mol. The van der Waals surface area contributed by atoms with Crippen molar-refractivity contribution < 1.29 is 9.22 Å². The molecule has 4 nitrogen and oxygen atoms in total. The fourth-order valence-corrected chi connectivity index (χ4v) is 1.29. The van der Waals surface area contributed by atoms with Gasteiger partial charge in [0.05, 0.1) is 0 Å². The van der Waals surface area contributed by atoms with Gasteiger partial charge in [-0.15, -0.1) is 0 Å². The SMILES string of the molecule is CO[SiH](O)CCCNN. The summed E-state index contributed by atoms with van der Waals surface area (Å²) in [6, 6.07) is 0.765. The van der Waals surface area contributed by atoms with Crippen molar-refractivity contribution in [1.29, 1.82) is 0 Å². The summed E-state index contributed by atoms with van der Waals surface area (Å²) in [5, 5.41) is 0. The first-order chi connectivity index (χ1) is 4.31. The number of nitrogens with one attached hydrogen (secondary N) is 1. The molecule has 0 aromatic rings. The summed E-state index contributed by atoms with van der Waals surface area (Å²) in [6.07, 6.45) is 0.887. The largest absolute Gasteiger partial charge is 0.413 e. The van der Waals surface area contributed by atoms with Crippen molar-refractivity contribution in [1.82, 2.24) is 5.43 Å². The fraction of sp³-hybridized carbons (Fsp3) is 1.00. The van der Waals surface area contributed by atoms with Gasteiger partial charge in [-0.25, -0.2) is 0 Å². The first-order valence-electron chi connectivity index (χ1n) is 2.95. The van der Waals surface area contributed by atoms with Crippen molar-refractivity contribution >= 4 is 9.28 Å². The van der Waals surface area contributed by atoms with Crippen LogP contribution in [-0.2, 0) is 4.43 Å². The van der Waals surface area contributed by atoms with Crippen LogP contribution in [0.3, 0.4) is 0 Å². The van der Waals surface area contributed by atoms with Gasteiger partial charge in [-0.3, -0.25) is 11.3 Å². The molecule has 0 spiro atoms. The molecule has 4 N–H and O–H groups in total. The molecule has 0 aromatic heterocycles. The molecule has 0 bridgehead atoms. The summed E-state index contributed by atoms with van der Waals surface area (Å²) in [4.78, 5) is 8.93. The van der Waals surface area contributed by atoms with Crippen molar-refractivity contribution in [2.45, 2.75) is 12.5 Å². The number of hydrogen-bond acceptors (Lipinski definition) is 4. The van der Waals surface area contributed by atoms with Gasteiger partial charge in [-0.05, 0) is 12.5 Å². The van der Waals surface area contributed by atoms with E-state index in [9.17, 15) is 0 Å².